The molecule has 1 N–H and O–H groups in total. The molecule has 3 rings (SSSR count). The van der Waals surface area contributed by atoms with Gasteiger partial charge in [0.05, 0.1) is 6.61 Å². The zero-order chi connectivity index (χ0) is 17.1. The molecular formula is C18H17N3O3. The second kappa shape index (κ2) is 6.54. The van der Waals surface area contributed by atoms with Gasteiger partial charge in [0.15, 0.2) is 0 Å². The molecule has 0 saturated carbocycles. The number of aromatic hydroxyl groups is 1. The highest BCUT2D eigenvalue weighted by atomic mass is 16.5. The number of hydrogen-bond acceptors (Lipinski definition) is 5. The van der Waals surface area contributed by atoms with Crippen LogP contribution in [0, 0.1) is 0 Å². The molecule has 0 unspecified atom stereocenters. The molecule has 0 spiro atoms. The number of aromatic nitrogens is 3. The lowest BCUT2D eigenvalue weighted by molar-refractivity contribution is -0.138. The number of carbonyl (C=O) groups excluding carboxylic acids is 1. The van der Waals surface area contributed by atoms with E-state index >= 15 is 0 Å². The number of ether oxygens (including phenoxy) is 1. The number of phenols is 1. The van der Waals surface area contributed by atoms with Gasteiger partial charge in [-0.2, -0.15) is 0 Å². The molecule has 0 atom stereocenters. The Morgan fingerprint density at radius 3 is 2.46 bits per heavy atom. The summed E-state index contributed by atoms with van der Waals surface area (Å²) >= 11 is 0. The van der Waals surface area contributed by atoms with Crippen molar-refractivity contribution in [2.45, 2.75) is 13.8 Å². The fourth-order valence-corrected chi connectivity index (χ4v) is 2.38. The third kappa shape index (κ3) is 2.99. The molecule has 1 heterocycles. The molecule has 3 aromatic rings. The minimum atomic E-state index is -0.398. The van der Waals surface area contributed by atoms with Crippen molar-refractivity contribution >= 4 is 23.1 Å². The molecule has 0 saturated heterocycles. The highest BCUT2D eigenvalue weighted by Gasteiger charge is 2.14. The fraction of sp³-hybridized carbons (Fsp3) is 0.167. The second-order valence-electron chi connectivity index (χ2n) is 5.24. The highest BCUT2D eigenvalue weighted by Crippen LogP contribution is 2.27. The van der Waals surface area contributed by atoms with E-state index in [9.17, 15) is 9.90 Å². The number of benzene rings is 2. The van der Waals surface area contributed by atoms with Crippen molar-refractivity contribution in [3.05, 3.63) is 53.6 Å². The van der Waals surface area contributed by atoms with Gasteiger partial charge in [0.2, 0.25) is 0 Å². The maximum absolute atomic E-state index is 11.8. The van der Waals surface area contributed by atoms with Crippen molar-refractivity contribution in [3.8, 4) is 11.4 Å². The Balaban J connectivity index is 2.11. The Morgan fingerprint density at radius 1 is 1.17 bits per heavy atom. The van der Waals surface area contributed by atoms with Gasteiger partial charge in [-0.05, 0) is 38.1 Å². The number of carbonyl (C=O) groups is 1. The van der Waals surface area contributed by atoms with Crippen molar-refractivity contribution in [2.24, 2.45) is 0 Å². The van der Waals surface area contributed by atoms with E-state index in [-0.39, 0.29) is 5.75 Å². The normalized spacial score (nSPS) is 11.7. The smallest absolute Gasteiger partial charge is 0.333 e. The zero-order valence-electron chi connectivity index (χ0n) is 13.4. The quantitative estimate of drug-likeness (QED) is 0.590. The molecule has 2 aromatic carbocycles. The SMILES string of the molecule is CCOC(=O)C(C)=Cc1cccc(O)c1-n1nc2ccccc2n1. The summed E-state index contributed by atoms with van der Waals surface area (Å²) < 4.78 is 4.99. The number of para-hydroxylation sites is 1. The Kier molecular flexibility index (Phi) is 4.29. The first-order valence-electron chi connectivity index (χ1n) is 7.60. The number of nitrogens with zero attached hydrogens (tertiary/aromatic N) is 3. The summed E-state index contributed by atoms with van der Waals surface area (Å²) in [4.78, 5) is 13.2. The average molecular weight is 323 g/mol. The second-order valence-corrected chi connectivity index (χ2v) is 5.24. The molecule has 24 heavy (non-hydrogen) atoms. The monoisotopic (exact) mass is 323 g/mol. The van der Waals surface area contributed by atoms with Crippen LogP contribution in [0.15, 0.2) is 48.0 Å². The van der Waals surface area contributed by atoms with Crippen molar-refractivity contribution in [3.63, 3.8) is 0 Å². The minimum absolute atomic E-state index is 0.0284. The van der Waals surface area contributed by atoms with Crippen molar-refractivity contribution in [1.82, 2.24) is 15.0 Å². The van der Waals surface area contributed by atoms with E-state index in [2.05, 4.69) is 10.2 Å². The van der Waals surface area contributed by atoms with Gasteiger partial charge < -0.3 is 9.84 Å². The van der Waals surface area contributed by atoms with Crippen LogP contribution in [0.4, 0.5) is 0 Å². The van der Waals surface area contributed by atoms with Gasteiger partial charge in [-0.25, -0.2) is 4.79 Å². The van der Waals surface area contributed by atoms with Gasteiger partial charge >= 0.3 is 5.97 Å². The first-order valence-corrected chi connectivity index (χ1v) is 7.60. The molecule has 0 amide bonds. The molecule has 0 radical (unpaired) electrons. The van der Waals surface area contributed by atoms with E-state index in [0.717, 1.165) is 11.0 Å². The lowest BCUT2D eigenvalue weighted by Crippen LogP contribution is -2.06. The zero-order valence-corrected chi connectivity index (χ0v) is 13.4. The minimum Gasteiger partial charge on any atom is -0.506 e. The lowest BCUT2D eigenvalue weighted by Gasteiger charge is -2.08. The molecule has 0 aliphatic carbocycles. The maximum atomic E-state index is 11.8. The summed E-state index contributed by atoms with van der Waals surface area (Å²) in [7, 11) is 0. The van der Waals surface area contributed by atoms with Crippen LogP contribution < -0.4 is 0 Å². The summed E-state index contributed by atoms with van der Waals surface area (Å²) in [5.74, 6) is -0.369. The third-order valence-electron chi connectivity index (χ3n) is 3.50. The van der Waals surface area contributed by atoms with Gasteiger partial charge in [0, 0.05) is 11.1 Å². The predicted octanol–water partition coefficient (Wildman–Crippen LogP) is 3.09. The van der Waals surface area contributed by atoms with Crippen LogP contribution in [0.2, 0.25) is 0 Å². The highest BCUT2D eigenvalue weighted by molar-refractivity contribution is 5.93. The van der Waals surface area contributed by atoms with Gasteiger partial charge in [-0.3, -0.25) is 0 Å². The Labute approximate surface area is 139 Å². The Hall–Kier alpha value is -3.15. The van der Waals surface area contributed by atoms with Crippen LogP contribution >= 0.6 is 0 Å². The summed E-state index contributed by atoms with van der Waals surface area (Å²) in [6, 6.07) is 12.5. The lowest BCUT2D eigenvalue weighted by atomic mass is 10.1. The number of rotatable bonds is 4. The predicted molar refractivity (Wildman–Crippen MR) is 90.8 cm³/mol. The average Bonchev–Trinajstić information content (AvgIpc) is 2.98. The summed E-state index contributed by atoms with van der Waals surface area (Å²) in [5, 5.41) is 19.1. The van der Waals surface area contributed by atoms with Gasteiger partial charge in [-0.1, -0.05) is 24.3 Å². The molecular weight excluding hydrogens is 306 g/mol. The van der Waals surface area contributed by atoms with Gasteiger partial charge in [0.25, 0.3) is 0 Å². The molecule has 0 fully saturated rings. The van der Waals surface area contributed by atoms with Gasteiger partial charge in [-0.15, -0.1) is 15.0 Å². The van der Waals surface area contributed by atoms with Crippen LogP contribution in [0.25, 0.3) is 22.8 Å². The standard InChI is InChI=1S/C18H17N3O3/c1-3-24-18(23)12(2)11-13-7-6-10-16(22)17(13)21-19-14-8-4-5-9-15(14)20-21/h4-11,22H,3H2,1-2H3. The van der Waals surface area contributed by atoms with Crippen LogP contribution in [0.5, 0.6) is 5.75 Å². The molecule has 122 valence electrons. The summed E-state index contributed by atoms with van der Waals surface area (Å²) in [5.41, 5.74) is 2.91. The van der Waals surface area contributed by atoms with Crippen LogP contribution in [-0.2, 0) is 9.53 Å². The number of phenolic OH excluding ortho intramolecular Hbond substituents is 1. The molecule has 6 heteroatoms. The molecule has 6 nitrogen and oxygen atoms in total. The van der Waals surface area contributed by atoms with E-state index in [0.29, 0.717) is 23.4 Å². The van der Waals surface area contributed by atoms with Crippen LogP contribution in [0.1, 0.15) is 19.4 Å². The van der Waals surface area contributed by atoms with Crippen LogP contribution in [0.3, 0.4) is 0 Å². The number of fused-ring (bicyclic) bond motifs is 1. The summed E-state index contributed by atoms with van der Waals surface area (Å²) in [6.07, 6.45) is 1.65. The first kappa shape index (κ1) is 15.7. The first-order chi connectivity index (χ1) is 11.6. The molecule has 1 aromatic heterocycles. The van der Waals surface area contributed by atoms with Crippen molar-refractivity contribution in [2.75, 3.05) is 6.61 Å². The molecule has 0 aliphatic rings. The van der Waals surface area contributed by atoms with Crippen LogP contribution in [-0.4, -0.2) is 32.7 Å². The number of hydrogen-bond donors (Lipinski definition) is 1. The van der Waals surface area contributed by atoms with Crippen molar-refractivity contribution < 1.29 is 14.6 Å². The molecule has 0 bridgehead atoms. The van der Waals surface area contributed by atoms with E-state index in [1.54, 1.807) is 38.1 Å². The molecule has 0 aliphatic heterocycles. The van der Waals surface area contributed by atoms with E-state index in [4.69, 9.17) is 4.74 Å². The Bertz CT molecular complexity index is 895. The van der Waals surface area contributed by atoms with Crippen molar-refractivity contribution in [1.29, 1.82) is 0 Å². The van der Waals surface area contributed by atoms with E-state index in [1.807, 2.05) is 24.3 Å². The van der Waals surface area contributed by atoms with E-state index < -0.39 is 5.97 Å². The maximum Gasteiger partial charge on any atom is 0.333 e. The summed E-state index contributed by atoms with van der Waals surface area (Å²) in [6.45, 7) is 3.73. The topological polar surface area (TPSA) is 77.2 Å². The van der Waals surface area contributed by atoms with Gasteiger partial charge in [0.1, 0.15) is 22.5 Å². The van der Waals surface area contributed by atoms with E-state index in [1.165, 1.54) is 4.80 Å². The largest absolute Gasteiger partial charge is 0.506 e. The third-order valence-corrected chi connectivity index (χ3v) is 3.50. The fourth-order valence-electron chi connectivity index (χ4n) is 2.38. The number of esters is 1. The Morgan fingerprint density at radius 2 is 1.83 bits per heavy atom.